The molecule has 0 saturated carbocycles. The number of carbonyl (C=O) groups is 1. The number of nitrogens with zero attached hydrogens (tertiary/aromatic N) is 2. The molecule has 0 saturated heterocycles. The van der Waals surface area contributed by atoms with E-state index in [1.807, 2.05) is 30.3 Å². The maximum Gasteiger partial charge on any atom is 0.225 e. The lowest BCUT2D eigenvalue weighted by atomic mass is 10.0. The van der Waals surface area contributed by atoms with Crippen LogP contribution in [-0.2, 0) is 4.79 Å². The molecule has 5 nitrogen and oxygen atoms in total. The van der Waals surface area contributed by atoms with E-state index in [-0.39, 0.29) is 11.9 Å². The molecule has 1 unspecified atom stereocenters. The highest BCUT2D eigenvalue weighted by atomic mass is 16.1. The Labute approximate surface area is 111 Å². The third-order valence-corrected chi connectivity index (χ3v) is 2.74. The van der Waals surface area contributed by atoms with E-state index in [1.54, 1.807) is 6.20 Å². The number of hydrogen-bond acceptors (Lipinski definition) is 4. The third-order valence-electron chi connectivity index (χ3n) is 2.74. The topological polar surface area (TPSA) is 80.9 Å². The number of anilines is 1. The van der Waals surface area contributed by atoms with Crippen molar-refractivity contribution < 1.29 is 4.79 Å². The van der Waals surface area contributed by atoms with Gasteiger partial charge in [0.25, 0.3) is 0 Å². The molecule has 3 N–H and O–H groups in total. The summed E-state index contributed by atoms with van der Waals surface area (Å²) in [5.74, 6) is 0.354. The quantitative estimate of drug-likeness (QED) is 0.856. The lowest BCUT2D eigenvalue weighted by molar-refractivity contribution is -0.116. The molecule has 1 atom stereocenters. The predicted octanol–water partition coefficient (Wildman–Crippen LogP) is 1.90. The second-order valence-electron chi connectivity index (χ2n) is 4.19. The summed E-state index contributed by atoms with van der Waals surface area (Å²) in [6, 6.07) is 9.62. The van der Waals surface area contributed by atoms with Gasteiger partial charge in [-0.25, -0.2) is 4.98 Å². The van der Waals surface area contributed by atoms with Gasteiger partial charge in [-0.15, -0.1) is 0 Å². The predicted molar refractivity (Wildman–Crippen MR) is 73.3 cm³/mol. The molecule has 1 heterocycles. The van der Waals surface area contributed by atoms with E-state index in [0.29, 0.717) is 18.7 Å². The lowest BCUT2D eigenvalue weighted by Gasteiger charge is -2.11. The van der Waals surface area contributed by atoms with Crippen LogP contribution in [-0.4, -0.2) is 15.9 Å². The average molecular weight is 256 g/mol. The smallest absolute Gasteiger partial charge is 0.225 e. The van der Waals surface area contributed by atoms with Gasteiger partial charge in [-0.05, 0) is 12.0 Å². The highest BCUT2D eigenvalue weighted by Crippen LogP contribution is 2.15. The zero-order valence-electron chi connectivity index (χ0n) is 10.5. The largest absolute Gasteiger partial charge is 0.324 e. The van der Waals surface area contributed by atoms with Crippen LogP contribution in [0, 0.1) is 0 Å². The molecule has 0 aliphatic rings. The van der Waals surface area contributed by atoms with Crippen LogP contribution in [0.4, 0.5) is 5.82 Å². The molecule has 1 amide bonds. The lowest BCUT2D eigenvalue weighted by Crippen LogP contribution is -2.17. The Morgan fingerprint density at radius 1 is 1.26 bits per heavy atom. The standard InChI is InChI=1S/C14H16N4O/c15-12(11-4-2-1-3-5-11)6-7-14(19)18-13-10-16-8-9-17-13/h1-5,8-10,12H,6-7,15H2,(H,17,18,19). The molecular formula is C14H16N4O. The molecule has 0 fully saturated rings. The Hall–Kier alpha value is -2.27. The van der Waals surface area contributed by atoms with Gasteiger partial charge in [-0.3, -0.25) is 9.78 Å². The number of amides is 1. The fraction of sp³-hybridized carbons (Fsp3) is 0.214. The van der Waals surface area contributed by atoms with E-state index < -0.39 is 0 Å². The van der Waals surface area contributed by atoms with Gasteiger partial charge in [-0.1, -0.05) is 30.3 Å². The fourth-order valence-electron chi connectivity index (χ4n) is 1.72. The first kappa shape index (κ1) is 13.2. The summed E-state index contributed by atoms with van der Waals surface area (Å²) in [6.07, 6.45) is 5.55. The molecule has 0 aliphatic heterocycles. The third kappa shape index (κ3) is 4.15. The summed E-state index contributed by atoms with van der Waals surface area (Å²) in [5.41, 5.74) is 7.07. The first-order valence-electron chi connectivity index (χ1n) is 6.12. The normalized spacial score (nSPS) is 11.8. The van der Waals surface area contributed by atoms with Crippen LogP contribution < -0.4 is 11.1 Å². The molecule has 0 bridgehead atoms. The van der Waals surface area contributed by atoms with Crippen molar-refractivity contribution in [2.45, 2.75) is 18.9 Å². The summed E-state index contributed by atoms with van der Waals surface area (Å²) >= 11 is 0. The molecule has 5 heteroatoms. The van der Waals surface area contributed by atoms with Crippen molar-refractivity contribution in [2.75, 3.05) is 5.32 Å². The molecule has 1 aromatic heterocycles. The highest BCUT2D eigenvalue weighted by molar-refractivity contribution is 5.89. The molecule has 0 radical (unpaired) electrons. The van der Waals surface area contributed by atoms with E-state index in [4.69, 9.17) is 5.73 Å². The van der Waals surface area contributed by atoms with Crippen LogP contribution in [0.3, 0.4) is 0 Å². The van der Waals surface area contributed by atoms with Gasteiger partial charge < -0.3 is 11.1 Å². The second-order valence-corrected chi connectivity index (χ2v) is 4.19. The van der Waals surface area contributed by atoms with Gasteiger partial charge in [0, 0.05) is 24.9 Å². The molecule has 0 spiro atoms. The minimum Gasteiger partial charge on any atom is -0.324 e. The minimum absolute atomic E-state index is 0.105. The Morgan fingerprint density at radius 2 is 2.05 bits per heavy atom. The van der Waals surface area contributed by atoms with E-state index in [2.05, 4.69) is 15.3 Å². The van der Waals surface area contributed by atoms with E-state index in [0.717, 1.165) is 5.56 Å². The monoisotopic (exact) mass is 256 g/mol. The second kappa shape index (κ2) is 6.61. The number of nitrogens with one attached hydrogen (secondary N) is 1. The maximum atomic E-state index is 11.7. The number of benzene rings is 1. The number of hydrogen-bond donors (Lipinski definition) is 2. The van der Waals surface area contributed by atoms with Gasteiger partial charge in [0.2, 0.25) is 5.91 Å². The highest BCUT2D eigenvalue weighted by Gasteiger charge is 2.09. The zero-order valence-corrected chi connectivity index (χ0v) is 10.5. The fourth-order valence-corrected chi connectivity index (χ4v) is 1.72. The summed E-state index contributed by atoms with van der Waals surface area (Å²) in [6.45, 7) is 0. The van der Waals surface area contributed by atoms with Crippen LogP contribution in [0.2, 0.25) is 0 Å². The van der Waals surface area contributed by atoms with Crippen molar-refractivity contribution in [3.63, 3.8) is 0 Å². The van der Waals surface area contributed by atoms with Gasteiger partial charge in [0.1, 0.15) is 0 Å². The van der Waals surface area contributed by atoms with Crippen LogP contribution >= 0.6 is 0 Å². The van der Waals surface area contributed by atoms with Gasteiger partial charge >= 0.3 is 0 Å². The molecule has 0 aliphatic carbocycles. The number of rotatable bonds is 5. The molecule has 19 heavy (non-hydrogen) atoms. The zero-order chi connectivity index (χ0) is 13.5. The van der Waals surface area contributed by atoms with Gasteiger partial charge in [0.15, 0.2) is 5.82 Å². The number of carbonyl (C=O) groups excluding carboxylic acids is 1. The van der Waals surface area contributed by atoms with Crippen molar-refractivity contribution in [3.05, 3.63) is 54.5 Å². The Morgan fingerprint density at radius 3 is 2.74 bits per heavy atom. The van der Waals surface area contributed by atoms with Crippen molar-refractivity contribution in [2.24, 2.45) is 5.73 Å². The molecular weight excluding hydrogens is 240 g/mol. The Kier molecular flexibility index (Phi) is 4.58. The number of nitrogens with two attached hydrogens (primary N) is 1. The van der Waals surface area contributed by atoms with E-state index in [9.17, 15) is 4.79 Å². The van der Waals surface area contributed by atoms with Crippen LogP contribution in [0.25, 0.3) is 0 Å². The minimum atomic E-state index is -0.131. The summed E-state index contributed by atoms with van der Waals surface area (Å²) in [7, 11) is 0. The first-order chi connectivity index (χ1) is 9.25. The van der Waals surface area contributed by atoms with Crippen LogP contribution in [0.5, 0.6) is 0 Å². The van der Waals surface area contributed by atoms with Crippen LogP contribution in [0.1, 0.15) is 24.4 Å². The summed E-state index contributed by atoms with van der Waals surface area (Å²) < 4.78 is 0. The number of aromatic nitrogens is 2. The Balaban J connectivity index is 1.81. The SMILES string of the molecule is NC(CCC(=O)Nc1cnccn1)c1ccccc1. The molecule has 1 aromatic carbocycles. The summed E-state index contributed by atoms with van der Waals surface area (Å²) in [4.78, 5) is 19.6. The van der Waals surface area contributed by atoms with Crippen molar-refractivity contribution in [1.29, 1.82) is 0 Å². The first-order valence-corrected chi connectivity index (χ1v) is 6.12. The molecule has 2 aromatic rings. The average Bonchev–Trinajstić information content (AvgIpc) is 2.47. The Bertz CT molecular complexity index is 515. The summed E-state index contributed by atoms with van der Waals surface area (Å²) in [5, 5.41) is 2.68. The van der Waals surface area contributed by atoms with Crippen molar-refractivity contribution in [1.82, 2.24) is 9.97 Å². The van der Waals surface area contributed by atoms with E-state index >= 15 is 0 Å². The van der Waals surface area contributed by atoms with Crippen LogP contribution in [0.15, 0.2) is 48.9 Å². The van der Waals surface area contributed by atoms with E-state index in [1.165, 1.54) is 12.4 Å². The van der Waals surface area contributed by atoms with Crippen molar-refractivity contribution in [3.8, 4) is 0 Å². The maximum absolute atomic E-state index is 11.7. The van der Waals surface area contributed by atoms with Crippen molar-refractivity contribution >= 4 is 11.7 Å². The molecule has 2 rings (SSSR count). The van der Waals surface area contributed by atoms with Gasteiger partial charge in [-0.2, -0.15) is 0 Å². The molecule has 98 valence electrons. The van der Waals surface area contributed by atoms with Gasteiger partial charge in [0.05, 0.1) is 6.20 Å².